The molecule has 0 aliphatic carbocycles. The van der Waals surface area contributed by atoms with Crippen molar-refractivity contribution in [2.24, 2.45) is 4.99 Å². The molecule has 0 bridgehead atoms. The summed E-state index contributed by atoms with van der Waals surface area (Å²) in [6, 6.07) is 8.52. The largest absolute Gasteiger partial charge is 0.491 e. The Balaban J connectivity index is 0.00000280. The van der Waals surface area contributed by atoms with Crippen LogP contribution in [0.2, 0.25) is 0 Å². The molecule has 0 fully saturated rings. The molecule has 28 heavy (non-hydrogen) atoms. The number of halogens is 1. The summed E-state index contributed by atoms with van der Waals surface area (Å²) in [5.74, 6) is 4.11. The van der Waals surface area contributed by atoms with Crippen molar-refractivity contribution in [3.05, 3.63) is 41.5 Å². The highest BCUT2D eigenvalue weighted by molar-refractivity contribution is 14.0. The molecule has 8 heteroatoms. The van der Waals surface area contributed by atoms with Crippen molar-refractivity contribution in [2.45, 2.75) is 52.1 Å². The van der Waals surface area contributed by atoms with E-state index in [-0.39, 0.29) is 24.0 Å². The predicted molar refractivity (Wildman–Crippen MR) is 123 cm³/mol. The number of nitrogens with one attached hydrogen (secondary N) is 2. The van der Waals surface area contributed by atoms with E-state index in [4.69, 9.17) is 4.74 Å². The second-order valence-corrected chi connectivity index (χ2v) is 7.18. The van der Waals surface area contributed by atoms with Crippen LogP contribution in [0.4, 0.5) is 0 Å². The van der Waals surface area contributed by atoms with Crippen molar-refractivity contribution in [1.82, 2.24) is 25.4 Å². The third kappa shape index (κ3) is 5.83. The van der Waals surface area contributed by atoms with Gasteiger partial charge in [-0.15, -0.1) is 24.0 Å². The van der Waals surface area contributed by atoms with Crippen molar-refractivity contribution in [2.75, 3.05) is 20.2 Å². The summed E-state index contributed by atoms with van der Waals surface area (Å²) in [4.78, 5) is 8.78. The molecule has 0 radical (unpaired) electrons. The highest BCUT2D eigenvalue weighted by atomic mass is 127. The number of aromatic nitrogens is 3. The minimum Gasteiger partial charge on any atom is -0.491 e. The Bertz CT molecular complexity index is 789. The average molecular weight is 498 g/mol. The van der Waals surface area contributed by atoms with Gasteiger partial charge in [-0.25, -0.2) is 9.67 Å². The van der Waals surface area contributed by atoms with Crippen LogP contribution in [0.1, 0.15) is 43.4 Å². The molecule has 2 heterocycles. The summed E-state index contributed by atoms with van der Waals surface area (Å²) < 4.78 is 7.96. The minimum atomic E-state index is 0. The zero-order valence-corrected chi connectivity index (χ0v) is 19.4. The molecule has 1 aliphatic rings. The molecular formula is C20H31IN6O. The smallest absolute Gasteiger partial charge is 0.191 e. The lowest BCUT2D eigenvalue weighted by atomic mass is 10.0. The van der Waals surface area contributed by atoms with Crippen LogP contribution in [0.25, 0.3) is 0 Å². The van der Waals surface area contributed by atoms with Crippen LogP contribution >= 0.6 is 24.0 Å². The standard InChI is InChI=1S/C20H30N6O.HI/c1-14(2)17-7-5-6-8-18(17)27-12-11-22-20(21-4)24-16-9-10-19-23-15(3)25-26(19)13-16;/h5-8,14,16H,9-13H2,1-4H3,(H2,21,22,24);1H. The van der Waals surface area contributed by atoms with Gasteiger partial charge in [0.05, 0.1) is 13.1 Å². The van der Waals surface area contributed by atoms with E-state index in [2.05, 4.69) is 51.7 Å². The highest BCUT2D eigenvalue weighted by Gasteiger charge is 2.21. The van der Waals surface area contributed by atoms with Crippen molar-refractivity contribution in [1.29, 1.82) is 0 Å². The average Bonchev–Trinajstić information content (AvgIpc) is 3.03. The first-order valence-electron chi connectivity index (χ1n) is 9.66. The molecule has 7 nitrogen and oxygen atoms in total. The Labute approximate surface area is 184 Å². The monoisotopic (exact) mass is 498 g/mol. The maximum atomic E-state index is 5.96. The highest BCUT2D eigenvalue weighted by Crippen LogP contribution is 2.25. The van der Waals surface area contributed by atoms with Crippen LogP contribution in [0.5, 0.6) is 5.75 Å². The lowest BCUT2D eigenvalue weighted by Gasteiger charge is -2.25. The number of nitrogens with zero attached hydrogens (tertiary/aromatic N) is 4. The van der Waals surface area contributed by atoms with Crippen LogP contribution < -0.4 is 15.4 Å². The molecule has 1 unspecified atom stereocenters. The van der Waals surface area contributed by atoms with E-state index in [1.165, 1.54) is 5.56 Å². The zero-order chi connectivity index (χ0) is 19.2. The molecule has 0 amide bonds. The Morgan fingerprint density at radius 3 is 2.89 bits per heavy atom. The summed E-state index contributed by atoms with van der Waals surface area (Å²) in [6.45, 7) is 8.38. The van der Waals surface area contributed by atoms with E-state index in [1.54, 1.807) is 7.05 Å². The first-order chi connectivity index (χ1) is 13.1. The Morgan fingerprint density at radius 2 is 2.14 bits per heavy atom. The van der Waals surface area contributed by atoms with Gasteiger partial charge in [0.25, 0.3) is 0 Å². The molecule has 2 aromatic rings. The number of aryl methyl sites for hydroxylation is 2. The van der Waals surface area contributed by atoms with E-state index in [9.17, 15) is 0 Å². The van der Waals surface area contributed by atoms with Crippen LogP contribution in [0.15, 0.2) is 29.3 Å². The van der Waals surface area contributed by atoms with E-state index in [1.807, 2.05) is 23.7 Å². The molecule has 1 aromatic heterocycles. The normalized spacial score (nSPS) is 16.3. The Hall–Kier alpha value is -1.84. The first-order valence-corrected chi connectivity index (χ1v) is 9.66. The number of para-hydroxylation sites is 1. The van der Waals surface area contributed by atoms with E-state index >= 15 is 0 Å². The van der Waals surface area contributed by atoms with Gasteiger partial charge in [-0.05, 0) is 30.9 Å². The summed E-state index contributed by atoms with van der Waals surface area (Å²) in [5, 5.41) is 11.3. The summed E-state index contributed by atoms with van der Waals surface area (Å²) in [7, 11) is 1.79. The molecule has 1 atom stereocenters. The lowest BCUT2D eigenvalue weighted by Crippen LogP contribution is -2.47. The van der Waals surface area contributed by atoms with Gasteiger partial charge in [0.2, 0.25) is 0 Å². The van der Waals surface area contributed by atoms with Gasteiger partial charge < -0.3 is 15.4 Å². The maximum absolute atomic E-state index is 5.96. The molecule has 1 aromatic carbocycles. The third-order valence-electron chi connectivity index (χ3n) is 4.72. The van der Waals surface area contributed by atoms with Gasteiger partial charge in [-0.2, -0.15) is 5.10 Å². The van der Waals surface area contributed by atoms with Crippen LogP contribution in [-0.2, 0) is 13.0 Å². The number of fused-ring (bicyclic) bond motifs is 1. The van der Waals surface area contributed by atoms with Crippen LogP contribution in [0, 0.1) is 6.92 Å². The Kier molecular flexibility index (Phi) is 8.53. The van der Waals surface area contributed by atoms with Crippen molar-refractivity contribution < 1.29 is 4.74 Å². The number of rotatable bonds is 6. The number of hydrogen-bond donors (Lipinski definition) is 2. The topological polar surface area (TPSA) is 76.4 Å². The summed E-state index contributed by atoms with van der Waals surface area (Å²) in [6.07, 6.45) is 1.96. The van der Waals surface area contributed by atoms with Gasteiger partial charge in [-0.3, -0.25) is 4.99 Å². The van der Waals surface area contributed by atoms with E-state index < -0.39 is 0 Å². The molecule has 154 valence electrons. The minimum absolute atomic E-state index is 0. The number of guanidine groups is 1. The first kappa shape index (κ1) is 22.4. The number of ether oxygens (including phenoxy) is 1. The maximum Gasteiger partial charge on any atom is 0.191 e. The SMILES string of the molecule is CN=C(NCCOc1ccccc1C(C)C)NC1CCc2nc(C)nn2C1.I. The quantitative estimate of drug-likeness (QED) is 0.277. The molecule has 1 aliphatic heterocycles. The lowest BCUT2D eigenvalue weighted by molar-refractivity contribution is 0.316. The van der Waals surface area contributed by atoms with Gasteiger partial charge in [0, 0.05) is 19.5 Å². The number of hydrogen-bond acceptors (Lipinski definition) is 4. The molecule has 0 spiro atoms. The zero-order valence-electron chi connectivity index (χ0n) is 17.1. The molecule has 2 N–H and O–H groups in total. The second-order valence-electron chi connectivity index (χ2n) is 7.18. The fourth-order valence-electron chi connectivity index (χ4n) is 3.36. The summed E-state index contributed by atoms with van der Waals surface area (Å²) in [5.41, 5.74) is 1.24. The van der Waals surface area contributed by atoms with E-state index in [0.29, 0.717) is 25.1 Å². The van der Waals surface area contributed by atoms with Gasteiger partial charge >= 0.3 is 0 Å². The Morgan fingerprint density at radius 1 is 1.36 bits per heavy atom. The fourth-order valence-corrected chi connectivity index (χ4v) is 3.36. The van der Waals surface area contributed by atoms with Crippen molar-refractivity contribution in [3.63, 3.8) is 0 Å². The van der Waals surface area contributed by atoms with Gasteiger partial charge in [-0.1, -0.05) is 32.0 Å². The van der Waals surface area contributed by atoms with Crippen molar-refractivity contribution >= 4 is 29.9 Å². The molecule has 0 saturated carbocycles. The molecule has 3 rings (SSSR count). The van der Waals surface area contributed by atoms with Crippen molar-refractivity contribution in [3.8, 4) is 5.75 Å². The molecule has 0 saturated heterocycles. The molecular weight excluding hydrogens is 467 g/mol. The number of benzene rings is 1. The van der Waals surface area contributed by atoms with Gasteiger partial charge in [0.1, 0.15) is 24.0 Å². The second kappa shape index (κ2) is 10.6. The summed E-state index contributed by atoms with van der Waals surface area (Å²) >= 11 is 0. The van der Waals surface area contributed by atoms with Crippen LogP contribution in [0.3, 0.4) is 0 Å². The number of aliphatic imine (C=N–C) groups is 1. The van der Waals surface area contributed by atoms with Crippen LogP contribution in [-0.4, -0.2) is 47.0 Å². The predicted octanol–water partition coefficient (Wildman–Crippen LogP) is 2.89. The third-order valence-corrected chi connectivity index (χ3v) is 4.72. The van der Waals surface area contributed by atoms with Gasteiger partial charge in [0.15, 0.2) is 5.96 Å². The van der Waals surface area contributed by atoms with E-state index in [0.717, 1.165) is 42.7 Å². The fraction of sp³-hybridized carbons (Fsp3) is 0.550.